The van der Waals surface area contributed by atoms with Crippen molar-refractivity contribution in [2.24, 2.45) is 0 Å². The Morgan fingerprint density at radius 2 is 1.88 bits per heavy atom. The van der Waals surface area contributed by atoms with E-state index in [2.05, 4.69) is 5.32 Å². The maximum Gasteiger partial charge on any atom is 0.408 e. The third kappa shape index (κ3) is 3.48. The van der Waals surface area contributed by atoms with Crippen LogP contribution in [0.25, 0.3) is 0 Å². The van der Waals surface area contributed by atoms with Crippen LogP contribution in [-0.2, 0) is 16.1 Å². The van der Waals surface area contributed by atoms with Gasteiger partial charge in [0.2, 0.25) is 0 Å². The van der Waals surface area contributed by atoms with Crippen LogP contribution in [0.2, 0.25) is 0 Å². The van der Waals surface area contributed by atoms with E-state index in [0.717, 1.165) is 17.0 Å². The summed E-state index contributed by atoms with van der Waals surface area (Å²) < 4.78 is 10.2. The molecule has 1 saturated heterocycles. The minimum atomic E-state index is -0.591. The number of nitrogens with one attached hydrogen (secondary N) is 1. The lowest BCUT2D eigenvalue weighted by atomic mass is 10.1. The van der Waals surface area contributed by atoms with Crippen molar-refractivity contribution in [3.8, 4) is 5.75 Å². The highest BCUT2D eigenvalue weighted by atomic mass is 16.5. The average Bonchev–Trinajstić information content (AvgIpc) is 2.64. The molecule has 2 aromatic rings. The Hall–Kier alpha value is -3.02. The molecule has 1 aliphatic heterocycles. The molecule has 2 amide bonds. The molecule has 0 unspecified atom stereocenters. The van der Waals surface area contributed by atoms with E-state index in [9.17, 15) is 9.59 Å². The molecule has 6 nitrogen and oxygen atoms in total. The fraction of sp³-hybridized carbons (Fsp3) is 0.222. The molecule has 6 heteroatoms. The minimum Gasteiger partial charge on any atom is -0.497 e. The van der Waals surface area contributed by atoms with Gasteiger partial charge in [-0.05, 0) is 29.8 Å². The summed E-state index contributed by atoms with van der Waals surface area (Å²) in [5.41, 5.74) is 1.67. The zero-order valence-electron chi connectivity index (χ0n) is 13.3. The summed E-state index contributed by atoms with van der Waals surface area (Å²) in [7, 11) is 1.59. The molecule has 1 fully saturated rings. The summed E-state index contributed by atoms with van der Waals surface area (Å²) >= 11 is 0. The van der Waals surface area contributed by atoms with E-state index in [-0.39, 0.29) is 12.5 Å². The molecule has 0 bridgehead atoms. The van der Waals surface area contributed by atoms with Crippen molar-refractivity contribution in [1.82, 2.24) is 5.32 Å². The Bertz CT molecular complexity index is 716. The number of anilines is 1. The summed E-state index contributed by atoms with van der Waals surface area (Å²) in [6, 6.07) is 16.0. The topological polar surface area (TPSA) is 67.9 Å². The third-order valence-electron chi connectivity index (χ3n) is 3.82. The maximum atomic E-state index is 12.2. The molecule has 0 aromatic heterocycles. The van der Waals surface area contributed by atoms with Crippen molar-refractivity contribution >= 4 is 17.7 Å². The van der Waals surface area contributed by atoms with Gasteiger partial charge in [-0.3, -0.25) is 4.79 Å². The summed E-state index contributed by atoms with van der Waals surface area (Å²) in [5.74, 6) is 0.572. The van der Waals surface area contributed by atoms with Gasteiger partial charge in [0.05, 0.1) is 13.7 Å². The predicted molar refractivity (Wildman–Crippen MR) is 88.9 cm³/mol. The molecule has 0 aliphatic carbocycles. The molecular formula is C18H18N2O4. The second kappa shape index (κ2) is 7.04. The number of alkyl carbamates (subject to hydrolysis) is 1. The molecule has 24 heavy (non-hydrogen) atoms. The molecule has 3 rings (SSSR count). The quantitative estimate of drug-likeness (QED) is 0.857. The van der Waals surface area contributed by atoms with Gasteiger partial charge in [-0.15, -0.1) is 0 Å². The number of ether oxygens (including phenoxy) is 2. The number of hydrogen-bond acceptors (Lipinski definition) is 4. The first kappa shape index (κ1) is 15.9. The van der Waals surface area contributed by atoms with Crippen molar-refractivity contribution in [3.05, 3.63) is 60.2 Å². The zero-order valence-corrected chi connectivity index (χ0v) is 13.3. The Morgan fingerprint density at radius 1 is 1.17 bits per heavy atom. The molecule has 1 N–H and O–H groups in total. The van der Waals surface area contributed by atoms with E-state index in [1.807, 2.05) is 30.3 Å². The van der Waals surface area contributed by atoms with Gasteiger partial charge in [0.25, 0.3) is 5.91 Å². The van der Waals surface area contributed by atoms with E-state index in [4.69, 9.17) is 9.47 Å². The minimum absolute atomic E-state index is 0.156. The van der Waals surface area contributed by atoms with Crippen molar-refractivity contribution in [1.29, 1.82) is 0 Å². The van der Waals surface area contributed by atoms with Gasteiger partial charge in [-0.2, -0.15) is 0 Å². The highest BCUT2D eigenvalue weighted by molar-refractivity contribution is 6.05. The highest BCUT2D eigenvalue weighted by Gasteiger charge is 2.39. The lowest BCUT2D eigenvalue weighted by Crippen LogP contribution is -2.64. The molecule has 1 aliphatic rings. The Labute approximate surface area is 140 Å². The number of methoxy groups -OCH3 is 1. The number of rotatable bonds is 5. The van der Waals surface area contributed by atoms with Crippen LogP contribution in [-0.4, -0.2) is 31.7 Å². The smallest absolute Gasteiger partial charge is 0.408 e. The van der Waals surface area contributed by atoms with E-state index in [1.165, 1.54) is 0 Å². The number of hydrogen-bond donors (Lipinski definition) is 1. The van der Waals surface area contributed by atoms with E-state index < -0.39 is 12.1 Å². The van der Waals surface area contributed by atoms with Crippen molar-refractivity contribution in [2.45, 2.75) is 12.6 Å². The first-order chi connectivity index (χ1) is 11.7. The normalized spacial score (nSPS) is 16.3. The molecule has 1 heterocycles. The average molecular weight is 326 g/mol. The van der Waals surface area contributed by atoms with Crippen LogP contribution in [0.15, 0.2) is 54.6 Å². The van der Waals surface area contributed by atoms with Crippen molar-refractivity contribution in [3.63, 3.8) is 0 Å². The molecule has 124 valence electrons. The number of carbonyl (C=O) groups is 2. The van der Waals surface area contributed by atoms with Crippen LogP contribution < -0.4 is 15.0 Å². The number of nitrogens with zero attached hydrogens (tertiary/aromatic N) is 1. The zero-order chi connectivity index (χ0) is 16.9. The Morgan fingerprint density at radius 3 is 2.50 bits per heavy atom. The standard InChI is InChI=1S/C18H18N2O4/c1-23-15-9-7-14(8-10-15)20-11-16(17(20)21)19-18(22)24-12-13-5-3-2-4-6-13/h2-10,16H,11-12H2,1H3,(H,19,22)/t16-/m1/s1. The van der Waals surface area contributed by atoms with Gasteiger partial charge in [0, 0.05) is 5.69 Å². The lowest BCUT2D eigenvalue weighted by Gasteiger charge is -2.38. The largest absolute Gasteiger partial charge is 0.497 e. The van der Waals surface area contributed by atoms with Gasteiger partial charge in [-0.1, -0.05) is 30.3 Å². The lowest BCUT2D eigenvalue weighted by molar-refractivity contribution is -0.124. The van der Waals surface area contributed by atoms with E-state index >= 15 is 0 Å². The van der Waals surface area contributed by atoms with E-state index in [0.29, 0.717) is 6.54 Å². The molecule has 2 aromatic carbocycles. The molecule has 0 spiro atoms. The predicted octanol–water partition coefficient (Wildman–Crippen LogP) is 2.34. The van der Waals surface area contributed by atoms with Gasteiger partial charge in [0.1, 0.15) is 18.4 Å². The SMILES string of the molecule is COc1ccc(N2C[C@@H](NC(=O)OCc3ccccc3)C2=O)cc1. The molecule has 1 atom stereocenters. The monoisotopic (exact) mass is 326 g/mol. The Kier molecular flexibility index (Phi) is 4.65. The number of benzene rings is 2. The number of carbonyl (C=O) groups excluding carboxylic acids is 2. The second-order valence-electron chi connectivity index (χ2n) is 5.41. The van der Waals surface area contributed by atoms with Gasteiger partial charge >= 0.3 is 6.09 Å². The van der Waals surface area contributed by atoms with Crippen molar-refractivity contribution in [2.75, 3.05) is 18.6 Å². The summed E-state index contributed by atoms with van der Waals surface area (Å²) in [6.07, 6.45) is -0.591. The van der Waals surface area contributed by atoms with Gasteiger partial charge < -0.3 is 19.7 Å². The number of β-lactam (4-membered cyclic amide) rings is 1. The van der Waals surface area contributed by atoms with Crippen LogP contribution >= 0.6 is 0 Å². The van der Waals surface area contributed by atoms with Gasteiger partial charge in [-0.25, -0.2) is 4.79 Å². The van der Waals surface area contributed by atoms with Crippen LogP contribution in [0.4, 0.5) is 10.5 Å². The number of amides is 2. The first-order valence-corrected chi connectivity index (χ1v) is 7.60. The second-order valence-corrected chi connectivity index (χ2v) is 5.41. The molecule has 0 saturated carbocycles. The van der Waals surface area contributed by atoms with Gasteiger partial charge in [0.15, 0.2) is 0 Å². The highest BCUT2D eigenvalue weighted by Crippen LogP contribution is 2.24. The Balaban J connectivity index is 1.47. The molecular weight excluding hydrogens is 308 g/mol. The summed E-state index contributed by atoms with van der Waals surface area (Å²) in [5, 5.41) is 2.58. The summed E-state index contributed by atoms with van der Waals surface area (Å²) in [4.78, 5) is 25.5. The van der Waals surface area contributed by atoms with E-state index in [1.54, 1.807) is 36.3 Å². The molecule has 0 radical (unpaired) electrons. The fourth-order valence-electron chi connectivity index (χ4n) is 2.44. The van der Waals surface area contributed by atoms with Crippen molar-refractivity contribution < 1.29 is 19.1 Å². The third-order valence-corrected chi connectivity index (χ3v) is 3.82. The summed E-state index contributed by atoms with van der Waals surface area (Å²) in [6.45, 7) is 0.599. The fourth-order valence-corrected chi connectivity index (χ4v) is 2.44. The van der Waals surface area contributed by atoms with Crippen LogP contribution in [0.3, 0.4) is 0 Å². The van der Waals surface area contributed by atoms with Crippen LogP contribution in [0, 0.1) is 0 Å². The first-order valence-electron chi connectivity index (χ1n) is 7.60. The maximum absolute atomic E-state index is 12.2. The van der Waals surface area contributed by atoms with Crippen LogP contribution in [0.5, 0.6) is 5.75 Å². The van der Waals surface area contributed by atoms with Crippen LogP contribution in [0.1, 0.15) is 5.56 Å².